The molecule has 3 N–H and O–H groups in total. The van der Waals surface area contributed by atoms with Gasteiger partial charge in [-0.05, 0) is 42.8 Å². The summed E-state index contributed by atoms with van der Waals surface area (Å²) in [6.07, 6.45) is 1.19. The molecule has 3 aromatic rings. The first kappa shape index (κ1) is 31.4. The fraction of sp³-hybridized carbons (Fsp3) is 0.259. The van der Waals surface area contributed by atoms with Crippen molar-refractivity contribution in [2.45, 2.75) is 25.4 Å². The third-order valence-corrected chi connectivity index (χ3v) is 5.12. The van der Waals surface area contributed by atoms with Gasteiger partial charge in [-0.25, -0.2) is 4.39 Å². The summed E-state index contributed by atoms with van der Waals surface area (Å²) in [5.74, 6) is 0.885. The van der Waals surface area contributed by atoms with Gasteiger partial charge in [0, 0.05) is 5.56 Å². The maximum Gasteiger partial charge on any atom is 1.00 e. The van der Waals surface area contributed by atoms with Gasteiger partial charge in [0.15, 0.2) is 6.29 Å². The van der Waals surface area contributed by atoms with Crippen LogP contribution in [0.3, 0.4) is 0 Å². The van der Waals surface area contributed by atoms with Crippen LogP contribution in [0, 0.1) is 11.9 Å². The van der Waals surface area contributed by atoms with Gasteiger partial charge in [0.2, 0.25) is 0 Å². The molecular formula is C27H30F2KNO4. The molecule has 5 nitrogen and oxygen atoms in total. The van der Waals surface area contributed by atoms with Crippen molar-refractivity contribution in [3.63, 3.8) is 0 Å². The van der Waals surface area contributed by atoms with Crippen LogP contribution in [0.25, 0.3) is 17.2 Å². The van der Waals surface area contributed by atoms with Crippen LogP contribution in [0.1, 0.15) is 17.5 Å². The SMILES string of the molecule is C=Cc1c(F)ccc(-c2ccc(OCc3c[c-]ccc3)cc2)c1OC.CF.OC(O)C1CCN1.[K+]. The smallest absolute Gasteiger partial charge is 0.501 e. The maximum absolute atomic E-state index is 13.9. The zero-order valence-electron chi connectivity index (χ0n) is 20.3. The monoisotopic (exact) mass is 509 g/mol. The molecular weight excluding hydrogens is 479 g/mol. The summed E-state index contributed by atoms with van der Waals surface area (Å²) in [5, 5.41) is 19.6. The standard InChI is InChI=1S/C22H18FO2.C4H9NO2.CH3F.K/c1-3-19-21(23)14-13-20(22(19)24-2)17-9-11-18(12-10-17)25-15-16-7-5-4-6-8-16;6-4(7)3-1-2-5-3;1-2;/h3-5,7-14H,1,15H2,2H3;3-7H,1-2H2;1H3;/q-1;;;+1. The second-order valence-corrected chi connectivity index (χ2v) is 7.23. The van der Waals surface area contributed by atoms with E-state index in [4.69, 9.17) is 19.7 Å². The third kappa shape index (κ3) is 9.40. The summed E-state index contributed by atoms with van der Waals surface area (Å²) in [6, 6.07) is 21.4. The van der Waals surface area contributed by atoms with Crippen LogP contribution in [0.15, 0.2) is 67.2 Å². The van der Waals surface area contributed by atoms with Crippen molar-refractivity contribution >= 4 is 6.08 Å². The van der Waals surface area contributed by atoms with Crippen LogP contribution in [-0.4, -0.2) is 43.4 Å². The van der Waals surface area contributed by atoms with Crippen LogP contribution >= 0.6 is 0 Å². The van der Waals surface area contributed by atoms with Gasteiger partial charge in [0.05, 0.1) is 32.5 Å². The van der Waals surface area contributed by atoms with Crippen LogP contribution in [0.5, 0.6) is 11.5 Å². The van der Waals surface area contributed by atoms with Crippen molar-refractivity contribution in [3.8, 4) is 22.6 Å². The Kier molecular flexibility index (Phi) is 15.2. The van der Waals surface area contributed by atoms with E-state index in [0.29, 0.717) is 25.1 Å². The van der Waals surface area contributed by atoms with E-state index in [1.165, 1.54) is 19.3 Å². The fourth-order valence-corrected chi connectivity index (χ4v) is 3.20. The zero-order valence-corrected chi connectivity index (χ0v) is 23.4. The molecule has 182 valence electrons. The number of rotatable bonds is 7. The molecule has 1 heterocycles. The Morgan fingerprint density at radius 3 is 2.31 bits per heavy atom. The molecule has 1 aliphatic rings. The molecule has 3 aromatic carbocycles. The molecule has 0 spiro atoms. The Morgan fingerprint density at radius 2 is 1.86 bits per heavy atom. The molecule has 1 aliphatic heterocycles. The van der Waals surface area contributed by atoms with E-state index in [2.05, 4.69) is 18.0 Å². The van der Waals surface area contributed by atoms with E-state index < -0.39 is 6.29 Å². The van der Waals surface area contributed by atoms with Gasteiger partial charge >= 0.3 is 51.4 Å². The summed E-state index contributed by atoms with van der Waals surface area (Å²) in [6.45, 7) is 5.06. The van der Waals surface area contributed by atoms with Crippen LogP contribution in [0.2, 0.25) is 0 Å². The second kappa shape index (κ2) is 16.9. The molecule has 0 aromatic heterocycles. The van der Waals surface area contributed by atoms with Crippen molar-refractivity contribution in [2.24, 2.45) is 0 Å². The van der Waals surface area contributed by atoms with E-state index in [1.54, 1.807) is 6.07 Å². The Labute approximate surface area is 248 Å². The average Bonchev–Trinajstić information content (AvgIpc) is 2.84. The topological polar surface area (TPSA) is 71.0 Å². The number of hydrogen-bond acceptors (Lipinski definition) is 5. The number of methoxy groups -OCH3 is 1. The summed E-state index contributed by atoms with van der Waals surface area (Å²) in [7, 11) is 2.03. The molecule has 1 fully saturated rings. The minimum atomic E-state index is -1.16. The number of halogens is 2. The van der Waals surface area contributed by atoms with Gasteiger partial charge < -0.3 is 25.0 Å². The van der Waals surface area contributed by atoms with Crippen molar-refractivity contribution in [1.82, 2.24) is 5.32 Å². The van der Waals surface area contributed by atoms with E-state index in [0.717, 1.165) is 35.4 Å². The largest absolute Gasteiger partial charge is 1.00 e. The number of hydrogen-bond donors (Lipinski definition) is 3. The number of aliphatic hydroxyl groups is 2. The first-order valence-electron chi connectivity index (χ1n) is 10.7. The minimum absolute atomic E-state index is 0. The summed E-state index contributed by atoms with van der Waals surface area (Å²) in [5.41, 5.74) is 3.14. The number of alkyl halides is 1. The summed E-state index contributed by atoms with van der Waals surface area (Å²) in [4.78, 5) is 0. The Morgan fingerprint density at radius 1 is 1.17 bits per heavy atom. The summed E-state index contributed by atoms with van der Waals surface area (Å²) < 4.78 is 34.6. The van der Waals surface area contributed by atoms with Gasteiger partial charge in [-0.2, -0.15) is 30.3 Å². The quantitative estimate of drug-likeness (QED) is 0.257. The first-order chi connectivity index (χ1) is 16.5. The predicted molar refractivity (Wildman–Crippen MR) is 130 cm³/mol. The van der Waals surface area contributed by atoms with E-state index in [-0.39, 0.29) is 63.2 Å². The summed E-state index contributed by atoms with van der Waals surface area (Å²) >= 11 is 0. The predicted octanol–water partition coefficient (Wildman–Crippen LogP) is 1.77. The van der Waals surface area contributed by atoms with Gasteiger partial charge in [0.1, 0.15) is 17.3 Å². The normalized spacial score (nSPS) is 13.6. The van der Waals surface area contributed by atoms with Crippen LogP contribution < -0.4 is 66.2 Å². The molecule has 1 saturated heterocycles. The third-order valence-electron chi connectivity index (χ3n) is 5.12. The van der Waals surface area contributed by atoms with Crippen LogP contribution in [0.4, 0.5) is 8.78 Å². The van der Waals surface area contributed by atoms with Gasteiger partial charge in [-0.3, -0.25) is 4.39 Å². The van der Waals surface area contributed by atoms with E-state index in [9.17, 15) is 8.78 Å². The van der Waals surface area contributed by atoms with Gasteiger partial charge in [-0.15, -0.1) is 5.56 Å². The molecule has 35 heavy (non-hydrogen) atoms. The molecule has 1 unspecified atom stereocenters. The molecule has 0 aliphatic carbocycles. The molecule has 8 heteroatoms. The van der Waals surface area contributed by atoms with E-state index >= 15 is 0 Å². The number of benzene rings is 3. The Balaban J connectivity index is 0.000000522. The van der Waals surface area contributed by atoms with Crippen molar-refractivity contribution < 1.29 is 79.9 Å². The van der Waals surface area contributed by atoms with Gasteiger partial charge in [0.25, 0.3) is 0 Å². The first-order valence-corrected chi connectivity index (χ1v) is 10.7. The number of aliphatic hydroxyl groups excluding tert-OH is 1. The van der Waals surface area contributed by atoms with Gasteiger partial charge in [-0.1, -0.05) is 24.8 Å². The molecule has 0 saturated carbocycles. The van der Waals surface area contributed by atoms with Crippen molar-refractivity contribution in [1.29, 1.82) is 0 Å². The molecule has 0 radical (unpaired) electrons. The Hall–Kier alpha value is -1.62. The molecule has 0 amide bonds. The van der Waals surface area contributed by atoms with Crippen LogP contribution in [-0.2, 0) is 6.61 Å². The van der Waals surface area contributed by atoms with Crippen molar-refractivity contribution in [2.75, 3.05) is 20.8 Å². The second-order valence-electron chi connectivity index (χ2n) is 7.23. The number of nitrogens with one attached hydrogen (secondary N) is 1. The fourth-order valence-electron chi connectivity index (χ4n) is 3.20. The molecule has 4 rings (SSSR count). The molecule has 0 bridgehead atoms. The zero-order chi connectivity index (χ0) is 24.9. The average molecular weight is 510 g/mol. The maximum atomic E-state index is 13.9. The minimum Gasteiger partial charge on any atom is -0.501 e. The van der Waals surface area contributed by atoms with E-state index in [1.807, 2.05) is 48.5 Å². The van der Waals surface area contributed by atoms with Crippen molar-refractivity contribution in [3.05, 3.63) is 90.3 Å². The Bertz CT molecular complexity index is 1010. The molecule has 1 atom stereocenters. The number of ether oxygens (including phenoxy) is 2.